The SMILES string of the molecule is COC(=O)Cn1c(=NC(=O)Cc2ccc(S(=O)(=O)C(C)C)cc2)sc2cc(S(C)(=O)=O)ccc21. The van der Waals surface area contributed by atoms with Crippen molar-refractivity contribution in [1.82, 2.24) is 4.57 Å². The Morgan fingerprint density at radius 2 is 1.65 bits per heavy atom. The van der Waals surface area contributed by atoms with Gasteiger partial charge in [-0.2, -0.15) is 4.99 Å². The molecule has 1 amide bonds. The second-order valence-electron chi connectivity index (χ2n) is 7.87. The van der Waals surface area contributed by atoms with E-state index < -0.39 is 36.8 Å². The highest BCUT2D eigenvalue weighted by Crippen LogP contribution is 2.22. The van der Waals surface area contributed by atoms with Crippen molar-refractivity contribution in [2.24, 2.45) is 4.99 Å². The second-order valence-corrected chi connectivity index (χ2v) is 13.4. The van der Waals surface area contributed by atoms with Crippen LogP contribution in [-0.2, 0) is 47.0 Å². The Morgan fingerprint density at radius 3 is 2.21 bits per heavy atom. The molecule has 0 fully saturated rings. The van der Waals surface area contributed by atoms with E-state index >= 15 is 0 Å². The molecule has 3 rings (SSSR count). The predicted octanol–water partition coefficient (Wildman–Crippen LogP) is 2.13. The fourth-order valence-electron chi connectivity index (χ4n) is 3.11. The first kappa shape index (κ1) is 25.8. The number of carbonyl (C=O) groups is 2. The van der Waals surface area contributed by atoms with Gasteiger partial charge in [0.15, 0.2) is 24.5 Å². The van der Waals surface area contributed by atoms with Crippen LogP contribution < -0.4 is 4.80 Å². The molecule has 0 aliphatic heterocycles. The molecule has 0 saturated carbocycles. The van der Waals surface area contributed by atoms with Crippen LogP contribution in [0.2, 0.25) is 0 Å². The Bertz CT molecular complexity index is 1530. The summed E-state index contributed by atoms with van der Waals surface area (Å²) in [7, 11) is -5.62. The summed E-state index contributed by atoms with van der Waals surface area (Å²) in [6.07, 6.45) is 1.01. The van der Waals surface area contributed by atoms with Crippen LogP contribution in [0.25, 0.3) is 10.2 Å². The van der Waals surface area contributed by atoms with E-state index in [1.54, 1.807) is 32.0 Å². The smallest absolute Gasteiger partial charge is 0.325 e. The van der Waals surface area contributed by atoms with E-state index in [4.69, 9.17) is 4.74 Å². The number of rotatable bonds is 7. The number of benzene rings is 2. The molecule has 0 atom stereocenters. The third kappa shape index (κ3) is 5.62. The number of hydrogen-bond donors (Lipinski definition) is 0. The fourth-order valence-corrected chi connectivity index (χ4v) is 5.97. The van der Waals surface area contributed by atoms with Crippen LogP contribution in [0.3, 0.4) is 0 Å². The second kappa shape index (κ2) is 9.80. The van der Waals surface area contributed by atoms with E-state index in [-0.39, 0.29) is 27.6 Å². The van der Waals surface area contributed by atoms with E-state index in [1.807, 2.05) is 0 Å². The summed E-state index contributed by atoms with van der Waals surface area (Å²) in [6.45, 7) is 2.99. The molecule has 182 valence electrons. The molecule has 0 aliphatic rings. The van der Waals surface area contributed by atoms with Crippen molar-refractivity contribution < 1.29 is 31.2 Å². The number of fused-ring (bicyclic) bond motifs is 1. The number of hydrogen-bond acceptors (Lipinski definition) is 8. The largest absolute Gasteiger partial charge is 0.468 e. The topological polar surface area (TPSA) is 129 Å². The molecule has 0 N–H and O–H groups in total. The molecule has 0 unspecified atom stereocenters. The molecule has 1 aromatic heterocycles. The maximum atomic E-state index is 12.7. The standard InChI is InChI=1S/C22H24N2O7S3/c1-14(2)34(29,30)16-7-5-15(6-8-16)11-20(25)23-22-24(13-21(26)31-3)18-10-9-17(33(4,27)28)12-19(18)32-22/h5-10,12,14H,11,13H2,1-4H3. The third-order valence-corrected chi connectivity index (χ3v) is 9.37. The van der Waals surface area contributed by atoms with E-state index in [0.29, 0.717) is 15.8 Å². The first-order valence-corrected chi connectivity index (χ1v) is 14.4. The van der Waals surface area contributed by atoms with Crippen LogP contribution in [0, 0.1) is 0 Å². The van der Waals surface area contributed by atoms with Crippen molar-refractivity contribution in [3.63, 3.8) is 0 Å². The number of ether oxygens (including phenoxy) is 1. The van der Waals surface area contributed by atoms with Gasteiger partial charge in [-0.25, -0.2) is 16.8 Å². The fraction of sp³-hybridized carbons (Fsp3) is 0.318. The zero-order valence-corrected chi connectivity index (χ0v) is 21.5. The normalized spacial score (nSPS) is 12.9. The van der Waals surface area contributed by atoms with Crippen LogP contribution in [0.5, 0.6) is 0 Å². The lowest BCUT2D eigenvalue weighted by atomic mass is 10.1. The summed E-state index contributed by atoms with van der Waals surface area (Å²) in [6, 6.07) is 10.5. The third-order valence-electron chi connectivity index (χ3n) is 5.05. The molecule has 34 heavy (non-hydrogen) atoms. The molecule has 0 saturated heterocycles. The van der Waals surface area contributed by atoms with Gasteiger partial charge in [-0.05, 0) is 49.7 Å². The summed E-state index contributed by atoms with van der Waals surface area (Å²) in [5, 5.41) is -0.559. The molecule has 0 aliphatic carbocycles. The molecule has 12 heteroatoms. The van der Waals surface area contributed by atoms with Gasteiger partial charge >= 0.3 is 5.97 Å². The van der Waals surface area contributed by atoms with Gasteiger partial charge < -0.3 is 9.30 Å². The lowest BCUT2D eigenvalue weighted by molar-refractivity contribution is -0.141. The maximum absolute atomic E-state index is 12.7. The van der Waals surface area contributed by atoms with Crippen LogP contribution in [-0.4, -0.2) is 51.9 Å². The zero-order valence-electron chi connectivity index (χ0n) is 19.0. The van der Waals surface area contributed by atoms with E-state index in [0.717, 1.165) is 17.6 Å². The Morgan fingerprint density at radius 1 is 1.03 bits per heavy atom. The molecule has 0 spiro atoms. The zero-order chi connectivity index (χ0) is 25.3. The van der Waals surface area contributed by atoms with Crippen molar-refractivity contribution in [2.45, 2.75) is 41.9 Å². The first-order valence-electron chi connectivity index (χ1n) is 10.1. The maximum Gasteiger partial charge on any atom is 0.325 e. The highest BCUT2D eigenvalue weighted by atomic mass is 32.2. The lowest BCUT2D eigenvalue weighted by Gasteiger charge is -2.08. The highest BCUT2D eigenvalue weighted by Gasteiger charge is 2.19. The molecule has 9 nitrogen and oxygen atoms in total. The Labute approximate surface area is 201 Å². The van der Waals surface area contributed by atoms with Crippen molar-refractivity contribution in [3.8, 4) is 0 Å². The lowest BCUT2D eigenvalue weighted by Crippen LogP contribution is -2.22. The Hall–Kier alpha value is -2.83. The van der Waals surface area contributed by atoms with E-state index in [1.165, 1.54) is 35.9 Å². The van der Waals surface area contributed by atoms with Crippen LogP contribution in [0.15, 0.2) is 57.2 Å². The van der Waals surface area contributed by atoms with Crippen LogP contribution in [0.1, 0.15) is 19.4 Å². The summed E-state index contributed by atoms with van der Waals surface area (Å²) in [4.78, 5) is 29.3. The number of carbonyl (C=O) groups excluding carboxylic acids is 2. The van der Waals surface area contributed by atoms with Gasteiger partial charge in [0.1, 0.15) is 6.54 Å². The van der Waals surface area contributed by atoms with Gasteiger partial charge in [-0.15, -0.1) is 0 Å². The highest BCUT2D eigenvalue weighted by molar-refractivity contribution is 7.92. The Kier molecular flexibility index (Phi) is 7.44. The quantitative estimate of drug-likeness (QED) is 0.433. The van der Waals surface area contributed by atoms with Crippen molar-refractivity contribution >= 4 is 53.1 Å². The van der Waals surface area contributed by atoms with Crippen LogP contribution in [0.4, 0.5) is 0 Å². The number of esters is 1. The number of nitrogens with zero attached hydrogens (tertiary/aromatic N) is 2. The Balaban J connectivity index is 1.98. The molecular formula is C22H24N2O7S3. The summed E-state index contributed by atoms with van der Waals surface area (Å²) >= 11 is 1.08. The van der Waals surface area contributed by atoms with Crippen molar-refractivity contribution in [1.29, 1.82) is 0 Å². The molecule has 0 radical (unpaired) electrons. The first-order chi connectivity index (χ1) is 15.8. The predicted molar refractivity (Wildman–Crippen MR) is 128 cm³/mol. The van der Waals surface area contributed by atoms with Gasteiger partial charge in [-0.1, -0.05) is 23.5 Å². The average Bonchev–Trinajstić information content (AvgIpc) is 3.09. The van der Waals surface area contributed by atoms with Gasteiger partial charge in [0.05, 0.1) is 38.8 Å². The summed E-state index contributed by atoms with van der Waals surface area (Å²) in [5.41, 5.74) is 1.12. The van der Waals surface area contributed by atoms with Gasteiger partial charge in [0.2, 0.25) is 0 Å². The minimum Gasteiger partial charge on any atom is -0.468 e. The molecular weight excluding hydrogens is 500 g/mol. The van der Waals surface area contributed by atoms with Crippen LogP contribution >= 0.6 is 11.3 Å². The molecule has 3 aromatic rings. The van der Waals surface area contributed by atoms with Gasteiger partial charge in [-0.3, -0.25) is 9.59 Å². The van der Waals surface area contributed by atoms with Crippen molar-refractivity contribution in [3.05, 3.63) is 52.8 Å². The monoisotopic (exact) mass is 524 g/mol. The molecule has 1 heterocycles. The number of amides is 1. The van der Waals surface area contributed by atoms with E-state index in [2.05, 4.69) is 4.99 Å². The van der Waals surface area contributed by atoms with E-state index in [9.17, 15) is 26.4 Å². The average molecular weight is 525 g/mol. The number of methoxy groups -OCH3 is 1. The summed E-state index contributed by atoms with van der Waals surface area (Å²) in [5.74, 6) is -1.06. The number of aromatic nitrogens is 1. The molecule has 0 bridgehead atoms. The minimum atomic E-state index is -3.44. The van der Waals surface area contributed by atoms with Gasteiger partial charge in [0, 0.05) is 6.26 Å². The van der Waals surface area contributed by atoms with Gasteiger partial charge in [0.25, 0.3) is 5.91 Å². The number of thiazole rings is 1. The minimum absolute atomic E-state index is 0.0803. The number of sulfone groups is 2. The van der Waals surface area contributed by atoms with Crippen molar-refractivity contribution in [2.75, 3.05) is 13.4 Å². The molecule has 2 aromatic carbocycles. The summed E-state index contributed by atoms with van der Waals surface area (Å²) < 4.78 is 55.1.